The van der Waals surface area contributed by atoms with E-state index in [2.05, 4.69) is 15.9 Å². The van der Waals surface area contributed by atoms with Crippen molar-refractivity contribution in [3.63, 3.8) is 0 Å². The van der Waals surface area contributed by atoms with Crippen molar-refractivity contribution >= 4 is 44.7 Å². The fourth-order valence-electron chi connectivity index (χ4n) is 2.60. The van der Waals surface area contributed by atoms with Gasteiger partial charge in [0, 0.05) is 24.0 Å². The van der Waals surface area contributed by atoms with Crippen LogP contribution in [0.25, 0.3) is 0 Å². The predicted octanol–water partition coefficient (Wildman–Crippen LogP) is 2.29. The number of thioether (sulfide) groups is 1. The van der Waals surface area contributed by atoms with Crippen LogP contribution in [0.3, 0.4) is 0 Å². The zero-order chi connectivity index (χ0) is 15.7. The maximum absolute atomic E-state index is 12.1. The van der Waals surface area contributed by atoms with Gasteiger partial charge in [-0.2, -0.15) is 0 Å². The first kappa shape index (κ1) is 15.6. The fourth-order valence-corrected chi connectivity index (χ4v) is 3.64. The number of rotatable bonds is 4. The van der Waals surface area contributed by atoms with Crippen LogP contribution in [0.1, 0.15) is 12.0 Å². The highest BCUT2D eigenvalue weighted by atomic mass is 79.9. The molecule has 2 heterocycles. The summed E-state index contributed by atoms with van der Waals surface area (Å²) in [6.45, 7) is 0.939. The second-order valence-corrected chi connectivity index (χ2v) is 7.24. The topological polar surface area (TPSA) is 57.7 Å². The molecule has 0 spiro atoms. The first-order valence-corrected chi connectivity index (χ1v) is 8.83. The Morgan fingerprint density at radius 2 is 1.91 bits per heavy atom. The summed E-state index contributed by atoms with van der Waals surface area (Å²) >= 11 is 4.42. The third kappa shape index (κ3) is 3.20. The van der Waals surface area contributed by atoms with Gasteiger partial charge in [0.2, 0.25) is 11.8 Å². The summed E-state index contributed by atoms with van der Waals surface area (Å²) in [7, 11) is 0. The van der Waals surface area contributed by atoms with Crippen molar-refractivity contribution in [3.8, 4) is 0 Å². The molecule has 22 heavy (non-hydrogen) atoms. The molecule has 0 aliphatic carbocycles. The Balaban J connectivity index is 1.46. The smallest absolute Gasteiger partial charge is 0.289 e. The first-order chi connectivity index (χ1) is 10.5. The van der Waals surface area contributed by atoms with E-state index in [9.17, 15) is 14.4 Å². The zero-order valence-corrected chi connectivity index (χ0v) is 14.2. The molecule has 0 N–H and O–H groups in total. The Morgan fingerprint density at radius 1 is 1.23 bits per heavy atom. The van der Waals surface area contributed by atoms with Crippen molar-refractivity contribution in [3.05, 3.63) is 34.3 Å². The number of carbonyl (C=O) groups is 3. The quantitative estimate of drug-likeness (QED) is 0.801. The van der Waals surface area contributed by atoms with Gasteiger partial charge in [-0.05, 0) is 24.1 Å². The fraction of sp³-hybridized carbons (Fsp3) is 0.400. The Morgan fingerprint density at radius 3 is 2.50 bits per heavy atom. The number of amides is 3. The molecule has 5 nitrogen and oxygen atoms in total. The molecule has 1 aromatic rings. The van der Waals surface area contributed by atoms with Crippen LogP contribution in [-0.2, 0) is 16.0 Å². The molecular weight excluding hydrogens is 368 g/mol. The van der Waals surface area contributed by atoms with Gasteiger partial charge in [0.15, 0.2) is 0 Å². The normalized spacial score (nSPS) is 18.8. The molecule has 0 aromatic heterocycles. The van der Waals surface area contributed by atoms with Crippen molar-refractivity contribution in [1.29, 1.82) is 0 Å². The molecule has 0 radical (unpaired) electrons. The lowest BCUT2D eigenvalue weighted by molar-refractivity contribution is -0.142. The van der Waals surface area contributed by atoms with Gasteiger partial charge in [-0.25, -0.2) is 0 Å². The summed E-state index contributed by atoms with van der Waals surface area (Å²) in [5, 5.41) is -0.183. The third-order valence-corrected chi connectivity index (χ3v) is 5.27. The van der Waals surface area contributed by atoms with Crippen LogP contribution >= 0.6 is 27.7 Å². The second kappa shape index (κ2) is 6.42. The highest BCUT2D eigenvalue weighted by molar-refractivity contribution is 9.10. The number of imide groups is 1. The molecule has 0 bridgehead atoms. The van der Waals surface area contributed by atoms with Crippen molar-refractivity contribution in [2.24, 2.45) is 0 Å². The van der Waals surface area contributed by atoms with E-state index in [4.69, 9.17) is 0 Å². The maximum atomic E-state index is 12.1. The van der Waals surface area contributed by atoms with E-state index in [0.717, 1.165) is 21.8 Å². The summed E-state index contributed by atoms with van der Waals surface area (Å²) in [6.07, 6.45) is 1.15. The molecule has 2 aliphatic heterocycles. The number of hydrogen-bond donors (Lipinski definition) is 0. The van der Waals surface area contributed by atoms with Gasteiger partial charge < -0.3 is 4.90 Å². The highest BCUT2D eigenvalue weighted by Crippen LogP contribution is 2.26. The molecule has 7 heteroatoms. The molecule has 0 unspecified atom stereocenters. The van der Waals surface area contributed by atoms with E-state index < -0.39 is 0 Å². The van der Waals surface area contributed by atoms with Crippen LogP contribution in [0, 0.1) is 0 Å². The minimum Gasteiger partial charge on any atom is -0.338 e. The van der Waals surface area contributed by atoms with Crippen molar-refractivity contribution in [1.82, 2.24) is 9.80 Å². The summed E-state index contributed by atoms with van der Waals surface area (Å²) in [5.41, 5.74) is 1.12. The van der Waals surface area contributed by atoms with Crippen molar-refractivity contribution < 1.29 is 14.4 Å². The molecular formula is C15H15BrN2O3S. The average molecular weight is 383 g/mol. The van der Waals surface area contributed by atoms with E-state index in [0.29, 0.717) is 25.9 Å². The molecule has 2 aliphatic rings. The van der Waals surface area contributed by atoms with E-state index >= 15 is 0 Å². The molecule has 2 saturated heterocycles. The number of benzene rings is 1. The number of carbonyl (C=O) groups excluding carboxylic acids is 3. The van der Waals surface area contributed by atoms with Gasteiger partial charge in [0.25, 0.3) is 5.24 Å². The molecule has 0 saturated carbocycles. The monoisotopic (exact) mass is 382 g/mol. The Labute approximate surface area is 141 Å². The SMILES string of the molecule is O=C(CCc1ccc(Br)cc1)N1CC(N2C(=O)CSC2=O)C1. The van der Waals surface area contributed by atoms with E-state index in [-0.39, 0.29) is 28.8 Å². The summed E-state index contributed by atoms with van der Waals surface area (Å²) in [4.78, 5) is 38.3. The maximum Gasteiger partial charge on any atom is 0.289 e. The lowest BCUT2D eigenvalue weighted by Crippen LogP contribution is -2.62. The highest BCUT2D eigenvalue weighted by Gasteiger charge is 2.43. The van der Waals surface area contributed by atoms with Crippen LogP contribution in [0.15, 0.2) is 28.7 Å². The molecule has 3 amide bonds. The molecule has 0 atom stereocenters. The molecule has 116 valence electrons. The average Bonchev–Trinajstić information content (AvgIpc) is 2.77. The van der Waals surface area contributed by atoms with Crippen LogP contribution in [-0.4, -0.2) is 51.7 Å². The van der Waals surface area contributed by atoms with Gasteiger partial charge in [-0.15, -0.1) is 0 Å². The van der Waals surface area contributed by atoms with Crippen LogP contribution in [0.4, 0.5) is 4.79 Å². The molecule has 2 fully saturated rings. The largest absolute Gasteiger partial charge is 0.338 e. The van der Waals surface area contributed by atoms with Gasteiger partial charge >= 0.3 is 0 Å². The summed E-state index contributed by atoms with van der Waals surface area (Å²) in [5.74, 6) is 0.167. The number of aryl methyl sites for hydroxylation is 1. The predicted molar refractivity (Wildman–Crippen MR) is 87.5 cm³/mol. The zero-order valence-electron chi connectivity index (χ0n) is 11.8. The third-order valence-electron chi connectivity index (χ3n) is 3.91. The lowest BCUT2D eigenvalue weighted by Gasteiger charge is -2.42. The Hall–Kier alpha value is -1.34. The van der Waals surface area contributed by atoms with Crippen LogP contribution in [0.2, 0.25) is 0 Å². The minimum atomic E-state index is -0.183. The van der Waals surface area contributed by atoms with Gasteiger partial charge in [-0.3, -0.25) is 19.3 Å². The van der Waals surface area contributed by atoms with E-state index in [1.165, 1.54) is 4.90 Å². The molecule has 3 rings (SSSR count). The van der Waals surface area contributed by atoms with Gasteiger partial charge in [-0.1, -0.05) is 39.8 Å². The van der Waals surface area contributed by atoms with Gasteiger partial charge in [0.1, 0.15) is 0 Å². The number of halogens is 1. The Bertz CT molecular complexity index is 598. The standard InChI is InChI=1S/C15H15BrN2O3S/c16-11-4-1-10(2-5-11)3-6-13(19)17-7-12(8-17)18-14(20)9-22-15(18)21/h1-2,4-5,12H,3,6-9H2. The van der Waals surface area contributed by atoms with E-state index in [1.807, 2.05) is 24.3 Å². The number of nitrogens with zero attached hydrogens (tertiary/aromatic N) is 2. The van der Waals surface area contributed by atoms with Crippen molar-refractivity contribution in [2.45, 2.75) is 18.9 Å². The first-order valence-electron chi connectivity index (χ1n) is 7.05. The number of likely N-dealkylation sites (tertiary alicyclic amines) is 1. The number of hydrogen-bond acceptors (Lipinski definition) is 4. The Kier molecular flexibility index (Phi) is 4.54. The lowest BCUT2D eigenvalue weighted by atomic mass is 10.0. The van der Waals surface area contributed by atoms with Crippen LogP contribution < -0.4 is 0 Å². The van der Waals surface area contributed by atoms with Crippen molar-refractivity contribution in [2.75, 3.05) is 18.8 Å². The minimum absolute atomic E-state index is 0.0749. The summed E-state index contributed by atoms with van der Waals surface area (Å²) < 4.78 is 1.02. The summed E-state index contributed by atoms with van der Waals surface area (Å²) in [6, 6.07) is 7.78. The van der Waals surface area contributed by atoms with Crippen LogP contribution in [0.5, 0.6) is 0 Å². The van der Waals surface area contributed by atoms with E-state index in [1.54, 1.807) is 4.90 Å². The molecule has 1 aromatic carbocycles. The second-order valence-electron chi connectivity index (χ2n) is 5.40. The van der Waals surface area contributed by atoms with Gasteiger partial charge in [0.05, 0.1) is 11.8 Å².